The number of hydrogen-bond acceptors (Lipinski definition) is 5. The van der Waals surface area contributed by atoms with E-state index in [0.717, 1.165) is 68.1 Å². The molecule has 3 atom stereocenters. The van der Waals surface area contributed by atoms with Gasteiger partial charge in [0.1, 0.15) is 5.75 Å². The van der Waals surface area contributed by atoms with Gasteiger partial charge in [0.05, 0.1) is 12.0 Å². The van der Waals surface area contributed by atoms with Crippen LogP contribution in [-0.2, 0) is 9.59 Å². The molecule has 1 aromatic carbocycles. The van der Waals surface area contributed by atoms with E-state index < -0.39 is 0 Å². The quantitative estimate of drug-likeness (QED) is 0.375. The van der Waals surface area contributed by atoms with Crippen molar-refractivity contribution in [1.29, 1.82) is 0 Å². The molecule has 2 amide bonds. The lowest BCUT2D eigenvalue weighted by Crippen LogP contribution is -2.51. The van der Waals surface area contributed by atoms with Crippen molar-refractivity contribution in [3.05, 3.63) is 34.7 Å². The molecule has 1 aromatic rings. The van der Waals surface area contributed by atoms with Gasteiger partial charge in [0.15, 0.2) is 0 Å². The normalized spacial score (nSPS) is 23.8. The standard InChI is InChI=1S/C26H39N3O3S/c1-4-6-14-29(5-2)15-8-13-27-25(30)20-11-12-23-22(18-20)28-26(31)24(33-23)17-19-9-7-10-21(16-19)32-3/h7,9-10,16-17,20,22-23H,4-6,8,11-15,18H2,1-3H3,(H,27,30)(H,28,31)/b24-17+. The molecule has 3 unspecified atom stereocenters. The largest absolute Gasteiger partial charge is 0.497 e. The molecule has 2 fully saturated rings. The Bertz CT molecular complexity index is 829. The van der Waals surface area contributed by atoms with Gasteiger partial charge in [-0.2, -0.15) is 0 Å². The fourth-order valence-corrected chi connectivity index (χ4v) is 5.87. The molecule has 1 saturated heterocycles. The summed E-state index contributed by atoms with van der Waals surface area (Å²) in [5, 5.41) is 6.62. The van der Waals surface area contributed by atoms with Crippen LogP contribution in [0.1, 0.15) is 57.9 Å². The Morgan fingerprint density at radius 3 is 2.85 bits per heavy atom. The van der Waals surface area contributed by atoms with E-state index in [1.807, 2.05) is 30.3 Å². The minimum absolute atomic E-state index is 0.0153. The monoisotopic (exact) mass is 473 g/mol. The van der Waals surface area contributed by atoms with Gasteiger partial charge in [0, 0.05) is 23.8 Å². The average molecular weight is 474 g/mol. The van der Waals surface area contributed by atoms with Crippen LogP contribution >= 0.6 is 11.8 Å². The van der Waals surface area contributed by atoms with Crippen molar-refractivity contribution in [3.63, 3.8) is 0 Å². The minimum Gasteiger partial charge on any atom is -0.497 e. The number of rotatable bonds is 11. The highest BCUT2D eigenvalue weighted by molar-refractivity contribution is 8.04. The lowest BCUT2D eigenvalue weighted by molar-refractivity contribution is -0.127. The Morgan fingerprint density at radius 1 is 1.27 bits per heavy atom. The molecule has 2 N–H and O–H groups in total. The number of benzene rings is 1. The maximum Gasteiger partial charge on any atom is 0.257 e. The third-order valence-electron chi connectivity index (χ3n) is 6.59. The van der Waals surface area contributed by atoms with Gasteiger partial charge in [-0.05, 0) is 75.5 Å². The third kappa shape index (κ3) is 7.51. The number of nitrogens with one attached hydrogen (secondary N) is 2. The predicted octanol–water partition coefficient (Wildman–Crippen LogP) is 4.06. The summed E-state index contributed by atoms with van der Waals surface area (Å²) in [7, 11) is 1.64. The molecule has 33 heavy (non-hydrogen) atoms. The smallest absolute Gasteiger partial charge is 0.257 e. The summed E-state index contributed by atoms with van der Waals surface area (Å²) >= 11 is 1.65. The number of thioether (sulfide) groups is 1. The van der Waals surface area contributed by atoms with E-state index in [0.29, 0.717) is 5.25 Å². The summed E-state index contributed by atoms with van der Waals surface area (Å²) in [6.07, 6.45) is 7.88. The molecule has 2 aliphatic rings. The molecule has 1 heterocycles. The van der Waals surface area contributed by atoms with Crippen molar-refractivity contribution in [2.24, 2.45) is 5.92 Å². The van der Waals surface area contributed by atoms with E-state index in [2.05, 4.69) is 29.4 Å². The van der Waals surface area contributed by atoms with E-state index in [4.69, 9.17) is 4.74 Å². The lowest BCUT2D eigenvalue weighted by Gasteiger charge is -2.39. The summed E-state index contributed by atoms with van der Waals surface area (Å²) < 4.78 is 5.28. The van der Waals surface area contributed by atoms with Crippen LogP contribution in [0, 0.1) is 5.92 Å². The summed E-state index contributed by atoms with van der Waals surface area (Å²) in [5.74, 6) is 0.857. The highest BCUT2D eigenvalue weighted by Gasteiger charge is 2.39. The van der Waals surface area contributed by atoms with Gasteiger partial charge in [-0.25, -0.2) is 0 Å². The van der Waals surface area contributed by atoms with Crippen molar-refractivity contribution in [1.82, 2.24) is 15.5 Å². The van der Waals surface area contributed by atoms with Crippen LogP contribution in [-0.4, -0.2) is 61.3 Å². The van der Waals surface area contributed by atoms with Crippen LogP contribution in [0.25, 0.3) is 6.08 Å². The number of amides is 2. The topological polar surface area (TPSA) is 70.7 Å². The van der Waals surface area contributed by atoms with Crippen LogP contribution in [0.3, 0.4) is 0 Å². The van der Waals surface area contributed by atoms with E-state index >= 15 is 0 Å². The fourth-order valence-electron chi connectivity index (χ4n) is 4.58. The Hall–Kier alpha value is -1.99. The van der Waals surface area contributed by atoms with Crippen molar-refractivity contribution in [3.8, 4) is 5.75 Å². The number of nitrogens with zero attached hydrogens (tertiary/aromatic N) is 1. The number of ether oxygens (including phenoxy) is 1. The molecule has 3 rings (SSSR count). The van der Waals surface area contributed by atoms with Gasteiger partial charge in [-0.1, -0.05) is 32.4 Å². The maximum absolute atomic E-state index is 12.7. The Morgan fingerprint density at radius 2 is 2.09 bits per heavy atom. The number of carbonyl (C=O) groups is 2. The molecule has 7 heteroatoms. The molecule has 182 valence electrons. The van der Waals surface area contributed by atoms with Gasteiger partial charge in [0.2, 0.25) is 5.91 Å². The first-order chi connectivity index (χ1) is 16.0. The maximum atomic E-state index is 12.7. The number of fused-ring (bicyclic) bond motifs is 1. The second kappa shape index (κ2) is 13.0. The van der Waals surface area contributed by atoms with Gasteiger partial charge in [0.25, 0.3) is 5.91 Å². The van der Waals surface area contributed by atoms with Crippen molar-refractivity contribution in [2.45, 2.75) is 63.7 Å². The van der Waals surface area contributed by atoms with E-state index in [1.54, 1.807) is 18.9 Å². The molecule has 0 bridgehead atoms. The molecule has 0 spiro atoms. The molecule has 0 radical (unpaired) electrons. The van der Waals surface area contributed by atoms with E-state index in [9.17, 15) is 9.59 Å². The first-order valence-corrected chi connectivity index (χ1v) is 13.2. The van der Waals surface area contributed by atoms with Crippen LogP contribution < -0.4 is 15.4 Å². The SMILES string of the molecule is CCCCN(CC)CCCNC(=O)C1CCC2S/C(=C/c3cccc(OC)c3)C(=O)NC2C1. The summed E-state index contributed by atoms with van der Waals surface area (Å²) in [6, 6.07) is 7.77. The Kier molecular flexibility index (Phi) is 10.1. The summed E-state index contributed by atoms with van der Waals surface area (Å²) in [5.41, 5.74) is 0.954. The van der Waals surface area contributed by atoms with Gasteiger partial charge in [-0.3, -0.25) is 9.59 Å². The predicted molar refractivity (Wildman–Crippen MR) is 136 cm³/mol. The molecular formula is C26H39N3O3S. The molecular weight excluding hydrogens is 434 g/mol. The number of carbonyl (C=O) groups excluding carboxylic acids is 2. The number of methoxy groups -OCH3 is 1. The highest BCUT2D eigenvalue weighted by Crippen LogP contribution is 2.40. The molecule has 1 saturated carbocycles. The lowest BCUT2D eigenvalue weighted by atomic mass is 9.84. The zero-order chi connectivity index (χ0) is 23.6. The Balaban J connectivity index is 1.46. The van der Waals surface area contributed by atoms with Crippen molar-refractivity contribution >= 4 is 29.7 Å². The first kappa shape index (κ1) is 25.6. The first-order valence-electron chi connectivity index (χ1n) is 12.4. The fraction of sp³-hybridized carbons (Fsp3) is 0.615. The number of hydrogen-bond donors (Lipinski definition) is 2. The van der Waals surface area contributed by atoms with E-state index in [1.165, 1.54) is 12.8 Å². The zero-order valence-corrected chi connectivity index (χ0v) is 21.1. The van der Waals surface area contributed by atoms with Crippen molar-refractivity contribution < 1.29 is 14.3 Å². The van der Waals surface area contributed by atoms with Gasteiger partial charge < -0.3 is 20.3 Å². The summed E-state index contributed by atoms with van der Waals surface area (Å²) in [4.78, 5) is 28.6. The number of unbranched alkanes of at least 4 members (excludes halogenated alkanes) is 1. The molecule has 6 nitrogen and oxygen atoms in total. The zero-order valence-electron chi connectivity index (χ0n) is 20.3. The molecule has 1 aliphatic heterocycles. The Labute approximate surface area is 202 Å². The van der Waals surface area contributed by atoms with Crippen LogP contribution in [0.2, 0.25) is 0 Å². The third-order valence-corrected chi connectivity index (χ3v) is 8.02. The van der Waals surface area contributed by atoms with Crippen LogP contribution in [0.15, 0.2) is 29.2 Å². The van der Waals surface area contributed by atoms with Crippen molar-refractivity contribution in [2.75, 3.05) is 33.3 Å². The van der Waals surface area contributed by atoms with Gasteiger partial charge >= 0.3 is 0 Å². The second-order valence-electron chi connectivity index (χ2n) is 8.96. The second-order valence-corrected chi connectivity index (χ2v) is 10.2. The van der Waals surface area contributed by atoms with Crippen LogP contribution in [0.5, 0.6) is 5.75 Å². The van der Waals surface area contributed by atoms with E-state index in [-0.39, 0.29) is 23.8 Å². The van der Waals surface area contributed by atoms with Crippen LogP contribution in [0.4, 0.5) is 0 Å². The van der Waals surface area contributed by atoms with Gasteiger partial charge in [-0.15, -0.1) is 11.8 Å². The average Bonchev–Trinajstić information content (AvgIpc) is 2.83. The molecule has 0 aromatic heterocycles. The molecule has 1 aliphatic carbocycles. The highest BCUT2D eigenvalue weighted by atomic mass is 32.2. The minimum atomic E-state index is -0.0446. The summed E-state index contributed by atoms with van der Waals surface area (Å²) in [6.45, 7) is 8.36.